The molecule has 0 aliphatic heterocycles. The van der Waals surface area contributed by atoms with Crippen LogP contribution >= 0.6 is 0 Å². The molecule has 0 unspecified atom stereocenters. The number of rotatable bonds is 30. The second-order valence-corrected chi connectivity index (χ2v) is 42.4. The summed E-state index contributed by atoms with van der Waals surface area (Å²) in [5.74, 6) is 0. The van der Waals surface area contributed by atoms with E-state index >= 15 is 0 Å². The van der Waals surface area contributed by atoms with Gasteiger partial charge >= 0.3 is 17.4 Å². The molecule has 0 aromatic carbocycles. The SMILES string of the molecule is CCO[Si](C)(CCCCCCCCCC[Si](O[Si](C(C)C)(C(C)C)C(C)C)(O[Si](C(C)C)(C(C)C)C(C)C)O[Si](C(C)C)(C(C)C)C(C)C)OCC. The minimum absolute atomic E-state index is 0.482. The first-order valence-corrected chi connectivity index (χ1v) is 33.2. The third-order valence-corrected chi connectivity index (χ3v) is 41.1. The zero-order chi connectivity index (χ0) is 40.7. The lowest BCUT2D eigenvalue weighted by Crippen LogP contribution is -2.69. The van der Waals surface area contributed by atoms with Crippen LogP contribution in [0.3, 0.4) is 0 Å². The van der Waals surface area contributed by atoms with Gasteiger partial charge in [0.2, 0.25) is 0 Å². The molecule has 0 atom stereocenters. The van der Waals surface area contributed by atoms with Crippen LogP contribution < -0.4 is 0 Å². The summed E-state index contributed by atoms with van der Waals surface area (Å²) >= 11 is 0. The lowest BCUT2D eigenvalue weighted by Gasteiger charge is -2.56. The first-order valence-electron chi connectivity index (χ1n) is 22.3. The molecule has 314 valence electrons. The molecule has 10 heteroatoms. The molecule has 0 aliphatic carbocycles. The molecule has 0 amide bonds. The van der Waals surface area contributed by atoms with E-state index in [1.54, 1.807) is 0 Å². The fourth-order valence-electron chi connectivity index (χ4n) is 10.7. The molecular weight excluding hydrogens is 725 g/mol. The Labute approximate surface area is 333 Å². The van der Waals surface area contributed by atoms with Crippen LogP contribution in [0, 0.1) is 0 Å². The van der Waals surface area contributed by atoms with Crippen molar-refractivity contribution in [2.75, 3.05) is 13.2 Å². The summed E-state index contributed by atoms with van der Waals surface area (Å²) in [6.07, 6.45) is 10.0. The van der Waals surface area contributed by atoms with Crippen molar-refractivity contribution in [3.05, 3.63) is 0 Å². The predicted molar refractivity (Wildman–Crippen MR) is 244 cm³/mol. The minimum atomic E-state index is -3.22. The van der Waals surface area contributed by atoms with Gasteiger partial charge in [-0.2, -0.15) is 0 Å². The van der Waals surface area contributed by atoms with Crippen LogP contribution in [0.2, 0.25) is 68.5 Å². The van der Waals surface area contributed by atoms with Gasteiger partial charge in [-0.3, -0.25) is 0 Å². The summed E-state index contributed by atoms with van der Waals surface area (Å²) < 4.78 is 36.9. The Kier molecular flexibility index (Phi) is 24.4. The molecule has 52 heavy (non-hydrogen) atoms. The summed E-state index contributed by atoms with van der Waals surface area (Å²) in [5, 5.41) is 0. The molecule has 0 saturated carbocycles. The Morgan fingerprint density at radius 2 is 0.538 bits per heavy atom. The zero-order valence-corrected chi connectivity index (χ0v) is 44.2. The molecule has 0 aromatic rings. The van der Waals surface area contributed by atoms with E-state index in [9.17, 15) is 0 Å². The normalized spacial score (nSPS) is 14.4. The standard InChI is InChI=1S/C42H96O5Si5/c1-22-43-48(21,44-23-2)32-30-28-26-24-25-27-29-31-33-49(45-50(34(3)4,35(5)6)36(7)8,46-51(37(9)10,38(11)12)39(13)14)47-52(40(15)16,41(17)18)42(19)20/h34-42H,22-33H2,1-21H3. The van der Waals surface area contributed by atoms with Gasteiger partial charge in [0, 0.05) is 19.3 Å². The van der Waals surface area contributed by atoms with Crippen molar-refractivity contribution >= 4 is 42.3 Å². The van der Waals surface area contributed by atoms with Gasteiger partial charge in [0.05, 0.1) is 0 Å². The van der Waals surface area contributed by atoms with Gasteiger partial charge in [-0.05, 0) is 82.7 Å². The van der Waals surface area contributed by atoms with Gasteiger partial charge in [0.25, 0.3) is 0 Å². The molecule has 0 aromatic heterocycles. The Bertz CT molecular complexity index is 783. The first-order chi connectivity index (χ1) is 23.9. The van der Waals surface area contributed by atoms with E-state index < -0.39 is 42.3 Å². The van der Waals surface area contributed by atoms with Gasteiger partial charge in [0.1, 0.15) is 0 Å². The van der Waals surface area contributed by atoms with E-state index in [4.69, 9.17) is 21.2 Å². The average Bonchev–Trinajstić information content (AvgIpc) is 3.00. The highest BCUT2D eigenvalue weighted by Crippen LogP contribution is 2.53. The van der Waals surface area contributed by atoms with Crippen LogP contribution in [-0.4, -0.2) is 55.5 Å². The third-order valence-electron chi connectivity index (χ3n) is 12.9. The summed E-state index contributed by atoms with van der Waals surface area (Å²) in [7, 11) is -12.3. The highest BCUT2D eigenvalue weighted by molar-refractivity contribution is 6.94. The van der Waals surface area contributed by atoms with Crippen molar-refractivity contribution in [3.8, 4) is 0 Å². The highest BCUT2D eigenvalue weighted by Gasteiger charge is 2.63. The number of hydrogen-bond donors (Lipinski definition) is 0. The minimum Gasteiger partial charge on any atom is -0.415 e. The van der Waals surface area contributed by atoms with E-state index in [0.29, 0.717) is 49.9 Å². The predicted octanol–water partition coefficient (Wildman–Crippen LogP) is 15.8. The van der Waals surface area contributed by atoms with Crippen LogP contribution in [0.15, 0.2) is 0 Å². The largest absolute Gasteiger partial charge is 0.469 e. The van der Waals surface area contributed by atoms with Gasteiger partial charge in [-0.25, -0.2) is 0 Å². The van der Waals surface area contributed by atoms with Gasteiger partial charge in [-0.1, -0.05) is 170 Å². The smallest absolute Gasteiger partial charge is 0.415 e. The maximum absolute atomic E-state index is 8.24. The average molecular weight is 822 g/mol. The third kappa shape index (κ3) is 13.8. The Hall–Kier alpha value is 0.884. The van der Waals surface area contributed by atoms with Crippen LogP contribution in [-0.2, 0) is 21.2 Å². The molecule has 0 N–H and O–H groups in total. The molecular formula is C42H96O5Si5. The molecule has 0 bridgehead atoms. The fraction of sp³-hybridized carbons (Fsp3) is 1.00. The van der Waals surface area contributed by atoms with E-state index in [0.717, 1.165) is 31.7 Å². The van der Waals surface area contributed by atoms with Crippen LogP contribution in [0.25, 0.3) is 0 Å². The summed E-state index contributed by atoms with van der Waals surface area (Å²) in [6, 6.07) is 2.07. The van der Waals surface area contributed by atoms with Crippen molar-refractivity contribution in [2.45, 2.75) is 258 Å². The topological polar surface area (TPSA) is 46.2 Å². The maximum atomic E-state index is 8.24. The molecule has 0 aliphatic rings. The van der Waals surface area contributed by atoms with Crippen molar-refractivity contribution < 1.29 is 21.2 Å². The summed E-state index contributed by atoms with van der Waals surface area (Å²) in [6.45, 7) is 51.9. The Balaban J connectivity index is 6.78. The molecule has 0 radical (unpaired) electrons. The lowest BCUT2D eigenvalue weighted by atomic mass is 10.1. The molecule has 0 rings (SSSR count). The van der Waals surface area contributed by atoms with Gasteiger partial charge < -0.3 is 21.2 Å². The van der Waals surface area contributed by atoms with Crippen LogP contribution in [0.4, 0.5) is 0 Å². The molecule has 0 spiro atoms. The monoisotopic (exact) mass is 821 g/mol. The van der Waals surface area contributed by atoms with Crippen molar-refractivity contribution in [2.24, 2.45) is 0 Å². The summed E-state index contributed by atoms with van der Waals surface area (Å²) in [4.78, 5) is 0. The lowest BCUT2D eigenvalue weighted by molar-refractivity contribution is 0.188. The molecule has 0 heterocycles. The first kappa shape index (κ1) is 52.9. The van der Waals surface area contributed by atoms with Gasteiger partial charge in [-0.15, -0.1) is 0 Å². The number of hydrogen-bond acceptors (Lipinski definition) is 5. The summed E-state index contributed by atoms with van der Waals surface area (Å²) in [5.41, 5.74) is 4.34. The Morgan fingerprint density at radius 1 is 0.327 bits per heavy atom. The van der Waals surface area contributed by atoms with Crippen LogP contribution in [0.5, 0.6) is 0 Å². The van der Waals surface area contributed by atoms with E-state index in [-0.39, 0.29) is 0 Å². The maximum Gasteiger partial charge on any atom is 0.469 e. The second-order valence-electron chi connectivity index (χ2n) is 19.3. The van der Waals surface area contributed by atoms with Crippen molar-refractivity contribution in [1.29, 1.82) is 0 Å². The fourth-order valence-corrected chi connectivity index (χ4v) is 43.7. The van der Waals surface area contributed by atoms with E-state index in [2.05, 4.69) is 145 Å². The van der Waals surface area contributed by atoms with E-state index in [1.807, 2.05) is 0 Å². The quantitative estimate of drug-likeness (QED) is 0.0533. The highest BCUT2D eigenvalue weighted by atomic mass is 28.5. The zero-order valence-electron chi connectivity index (χ0n) is 39.2. The van der Waals surface area contributed by atoms with Gasteiger partial charge in [0.15, 0.2) is 25.0 Å². The molecule has 0 fully saturated rings. The van der Waals surface area contributed by atoms with Crippen molar-refractivity contribution in [1.82, 2.24) is 0 Å². The van der Waals surface area contributed by atoms with E-state index in [1.165, 1.54) is 44.9 Å². The molecule has 5 nitrogen and oxygen atoms in total. The second kappa shape index (κ2) is 24.0. The van der Waals surface area contributed by atoms with Crippen molar-refractivity contribution in [3.63, 3.8) is 0 Å². The van der Waals surface area contributed by atoms with Crippen LogP contribution in [0.1, 0.15) is 190 Å². The molecule has 0 saturated heterocycles. The number of unbranched alkanes of at least 4 members (excludes halogenated alkanes) is 7. The Morgan fingerprint density at radius 3 is 0.750 bits per heavy atom.